The van der Waals surface area contributed by atoms with Crippen LogP contribution in [0.2, 0.25) is 5.15 Å². The number of carbonyl (C=O) groups excluding carboxylic acids is 1. The van der Waals surface area contributed by atoms with Crippen LogP contribution in [0.1, 0.15) is 17.5 Å². The number of halogens is 4. The minimum atomic E-state index is -4.49. The molecule has 0 spiro atoms. The van der Waals surface area contributed by atoms with E-state index in [2.05, 4.69) is 15.3 Å². The lowest BCUT2D eigenvalue weighted by atomic mass is 10.1. The molecule has 0 saturated heterocycles. The Morgan fingerprint density at radius 2 is 1.96 bits per heavy atom. The van der Waals surface area contributed by atoms with Crippen LogP contribution in [0.5, 0.6) is 0 Å². The number of aromatic nitrogens is 1. The van der Waals surface area contributed by atoms with Gasteiger partial charge in [0, 0.05) is 11.8 Å². The molecule has 1 aliphatic rings. The summed E-state index contributed by atoms with van der Waals surface area (Å²) in [5.41, 5.74) is 0.437. The summed E-state index contributed by atoms with van der Waals surface area (Å²) in [5, 5.41) is 2.69. The first-order valence-electron chi connectivity index (χ1n) is 6.53. The van der Waals surface area contributed by atoms with Crippen molar-refractivity contribution < 1.29 is 18.0 Å². The molecule has 0 aliphatic carbocycles. The van der Waals surface area contributed by atoms with Crippen LogP contribution in [-0.2, 0) is 11.0 Å². The highest BCUT2D eigenvalue weighted by atomic mass is 35.5. The fourth-order valence-electron chi connectivity index (χ4n) is 2.19. The molecule has 2 aromatic rings. The summed E-state index contributed by atoms with van der Waals surface area (Å²) >= 11 is 5.82. The zero-order chi connectivity index (χ0) is 16.6. The second-order valence-corrected chi connectivity index (χ2v) is 5.27. The molecule has 0 bridgehead atoms. The zero-order valence-corrected chi connectivity index (χ0v) is 12.2. The van der Waals surface area contributed by atoms with Crippen molar-refractivity contribution in [1.29, 1.82) is 0 Å². The van der Waals surface area contributed by atoms with Gasteiger partial charge in [-0.1, -0.05) is 11.6 Å². The highest BCUT2D eigenvalue weighted by Gasteiger charge is 2.31. The lowest BCUT2D eigenvalue weighted by Gasteiger charge is -2.10. The summed E-state index contributed by atoms with van der Waals surface area (Å²) in [5.74, 6) is -0.449. The number of anilines is 1. The van der Waals surface area contributed by atoms with Crippen molar-refractivity contribution >= 4 is 34.6 Å². The van der Waals surface area contributed by atoms with E-state index in [0.717, 1.165) is 12.1 Å². The summed E-state index contributed by atoms with van der Waals surface area (Å²) in [6, 6.07) is 6.21. The molecule has 3 rings (SSSR count). The smallest absolute Gasteiger partial charge is 0.324 e. The van der Waals surface area contributed by atoms with Crippen molar-refractivity contribution in [2.75, 3.05) is 5.32 Å². The first-order valence-corrected chi connectivity index (χ1v) is 6.91. The third kappa shape index (κ3) is 3.34. The first kappa shape index (κ1) is 15.5. The molecule has 0 atom stereocenters. The summed E-state index contributed by atoms with van der Waals surface area (Å²) in [4.78, 5) is 20.1. The van der Waals surface area contributed by atoms with Gasteiger partial charge in [0.25, 0.3) is 0 Å². The monoisotopic (exact) mass is 339 g/mol. The predicted molar refractivity (Wildman–Crippen MR) is 80.1 cm³/mol. The van der Waals surface area contributed by atoms with Crippen LogP contribution in [0.15, 0.2) is 41.5 Å². The number of rotatable bonds is 1. The number of fused-ring (bicyclic) bond motifs is 1. The minimum absolute atomic E-state index is 0.0278. The molecule has 8 heteroatoms. The maximum atomic E-state index is 12.8. The second kappa shape index (κ2) is 5.66. The van der Waals surface area contributed by atoms with Gasteiger partial charge < -0.3 is 5.32 Å². The SMILES string of the molecule is O=C1CC(c2ccnc(Cl)c2)=Nc2ccc(C(F)(F)F)cc2N1. The number of nitrogens with one attached hydrogen (secondary N) is 1. The topological polar surface area (TPSA) is 54.4 Å². The minimum Gasteiger partial charge on any atom is -0.324 e. The average Bonchev–Trinajstić information content (AvgIpc) is 2.63. The molecule has 23 heavy (non-hydrogen) atoms. The summed E-state index contributed by atoms with van der Waals surface area (Å²) in [6.45, 7) is 0. The van der Waals surface area contributed by atoms with E-state index >= 15 is 0 Å². The van der Waals surface area contributed by atoms with E-state index in [1.54, 1.807) is 12.1 Å². The second-order valence-electron chi connectivity index (χ2n) is 4.88. The van der Waals surface area contributed by atoms with Crippen LogP contribution in [-0.4, -0.2) is 16.6 Å². The molecular formula is C15H9ClF3N3O. The van der Waals surface area contributed by atoms with Crippen molar-refractivity contribution in [2.24, 2.45) is 4.99 Å². The molecular weight excluding hydrogens is 331 g/mol. The van der Waals surface area contributed by atoms with Crippen LogP contribution in [0, 0.1) is 0 Å². The standard InChI is InChI=1S/C15H9ClF3N3O/c16-13-5-8(3-4-20-13)11-7-14(23)22-12-6-9(15(17,18)19)1-2-10(12)21-11/h1-6H,7H2,(H,22,23). The number of amides is 1. The molecule has 0 fully saturated rings. The molecule has 4 nitrogen and oxygen atoms in total. The highest BCUT2D eigenvalue weighted by molar-refractivity contribution is 6.30. The molecule has 1 N–H and O–H groups in total. The average molecular weight is 340 g/mol. The van der Waals surface area contributed by atoms with E-state index in [4.69, 9.17) is 11.6 Å². The Hall–Kier alpha value is -2.41. The van der Waals surface area contributed by atoms with Gasteiger partial charge in [-0.15, -0.1) is 0 Å². The third-order valence-electron chi connectivity index (χ3n) is 3.24. The maximum Gasteiger partial charge on any atom is 0.416 e. The Balaban J connectivity index is 2.08. The molecule has 118 valence electrons. The lowest BCUT2D eigenvalue weighted by Crippen LogP contribution is -2.15. The number of pyridine rings is 1. The Morgan fingerprint density at radius 1 is 1.17 bits per heavy atom. The lowest BCUT2D eigenvalue weighted by molar-refractivity contribution is -0.137. The van der Waals surface area contributed by atoms with Crippen molar-refractivity contribution in [3.05, 3.63) is 52.8 Å². The van der Waals surface area contributed by atoms with Crippen LogP contribution < -0.4 is 5.32 Å². The van der Waals surface area contributed by atoms with Gasteiger partial charge >= 0.3 is 6.18 Å². The number of aliphatic imine (C=N–C) groups is 1. The normalized spacial score (nSPS) is 14.6. The van der Waals surface area contributed by atoms with Crippen molar-refractivity contribution in [2.45, 2.75) is 12.6 Å². The van der Waals surface area contributed by atoms with Crippen LogP contribution in [0.25, 0.3) is 0 Å². The van der Waals surface area contributed by atoms with Gasteiger partial charge in [0.05, 0.1) is 29.1 Å². The van der Waals surface area contributed by atoms with E-state index in [9.17, 15) is 18.0 Å². The number of hydrogen-bond donors (Lipinski definition) is 1. The van der Waals surface area contributed by atoms with E-state index < -0.39 is 17.6 Å². The van der Waals surface area contributed by atoms with Crippen molar-refractivity contribution in [3.63, 3.8) is 0 Å². The fraction of sp³-hybridized carbons (Fsp3) is 0.133. The molecule has 0 radical (unpaired) electrons. The maximum absolute atomic E-state index is 12.8. The number of carbonyl (C=O) groups is 1. The van der Waals surface area contributed by atoms with Crippen LogP contribution in [0.3, 0.4) is 0 Å². The Kier molecular flexibility index (Phi) is 3.81. The number of nitrogens with zero attached hydrogens (tertiary/aromatic N) is 2. The molecule has 1 amide bonds. The van der Waals surface area contributed by atoms with Crippen LogP contribution >= 0.6 is 11.6 Å². The molecule has 2 heterocycles. The largest absolute Gasteiger partial charge is 0.416 e. The first-order chi connectivity index (χ1) is 10.8. The van der Waals surface area contributed by atoms with E-state index in [0.29, 0.717) is 11.3 Å². The van der Waals surface area contributed by atoms with E-state index in [1.165, 1.54) is 12.3 Å². The Labute approximate surface area is 134 Å². The van der Waals surface area contributed by atoms with Gasteiger partial charge in [-0.3, -0.25) is 9.79 Å². The van der Waals surface area contributed by atoms with Crippen molar-refractivity contribution in [3.8, 4) is 0 Å². The summed E-state index contributed by atoms with van der Waals surface area (Å²) < 4.78 is 38.3. The van der Waals surface area contributed by atoms with Gasteiger partial charge in [-0.25, -0.2) is 4.98 Å². The fourth-order valence-corrected chi connectivity index (χ4v) is 2.36. The van der Waals surface area contributed by atoms with Crippen LogP contribution in [0.4, 0.5) is 24.5 Å². The Morgan fingerprint density at radius 3 is 2.65 bits per heavy atom. The Bertz CT molecular complexity index is 818. The van der Waals surface area contributed by atoms with Gasteiger partial charge in [0.2, 0.25) is 5.91 Å². The molecule has 1 aromatic carbocycles. The van der Waals surface area contributed by atoms with E-state index in [1.807, 2.05) is 0 Å². The third-order valence-corrected chi connectivity index (χ3v) is 3.45. The van der Waals surface area contributed by atoms with Gasteiger partial charge in [0.1, 0.15) is 5.15 Å². The van der Waals surface area contributed by atoms with Gasteiger partial charge in [0.15, 0.2) is 0 Å². The zero-order valence-electron chi connectivity index (χ0n) is 11.5. The van der Waals surface area contributed by atoms with Crippen molar-refractivity contribution in [1.82, 2.24) is 4.98 Å². The molecule has 0 unspecified atom stereocenters. The summed E-state index contributed by atoms with van der Waals surface area (Å²) in [7, 11) is 0. The van der Waals surface area contributed by atoms with Gasteiger partial charge in [-0.2, -0.15) is 13.2 Å². The predicted octanol–water partition coefficient (Wildman–Crippen LogP) is 4.22. The number of benzene rings is 1. The molecule has 1 aromatic heterocycles. The number of hydrogen-bond acceptors (Lipinski definition) is 3. The van der Waals surface area contributed by atoms with Gasteiger partial charge in [-0.05, 0) is 30.3 Å². The number of alkyl halides is 3. The highest BCUT2D eigenvalue weighted by Crippen LogP contribution is 2.36. The summed E-state index contributed by atoms with van der Waals surface area (Å²) in [6.07, 6.45) is -3.09. The quantitative estimate of drug-likeness (QED) is 0.791. The molecule has 1 aliphatic heterocycles. The molecule has 0 saturated carbocycles. The van der Waals surface area contributed by atoms with E-state index in [-0.39, 0.29) is 22.9 Å².